The predicted octanol–water partition coefficient (Wildman–Crippen LogP) is 1.49. The fourth-order valence-corrected chi connectivity index (χ4v) is 2.54. The van der Waals surface area contributed by atoms with Gasteiger partial charge in [0.15, 0.2) is 0 Å². The first-order valence-corrected chi connectivity index (χ1v) is 6.24. The van der Waals surface area contributed by atoms with Gasteiger partial charge in [-0.2, -0.15) is 5.10 Å². The van der Waals surface area contributed by atoms with Crippen molar-refractivity contribution in [2.24, 2.45) is 12.5 Å². The molecule has 2 rings (SSSR count). The highest BCUT2D eigenvalue weighted by molar-refractivity contribution is 6.30. The lowest BCUT2D eigenvalue weighted by Crippen LogP contribution is -2.31. The summed E-state index contributed by atoms with van der Waals surface area (Å²) >= 11 is 6.14. The molecule has 1 atom stereocenters. The van der Waals surface area contributed by atoms with Crippen molar-refractivity contribution in [3.63, 3.8) is 0 Å². The SMILES string of the molecule is Cc1nn(C)c(Cl)c1CC(=O)C1(C)CCNC1. The van der Waals surface area contributed by atoms with E-state index < -0.39 is 0 Å². The standard InChI is InChI=1S/C12H18ClN3O/c1-8-9(11(13)16(3)15-8)6-10(17)12(2)4-5-14-7-12/h14H,4-7H2,1-3H3. The molecule has 0 aromatic carbocycles. The Morgan fingerprint density at radius 2 is 2.35 bits per heavy atom. The molecule has 0 aliphatic carbocycles. The molecule has 0 amide bonds. The van der Waals surface area contributed by atoms with Crippen LogP contribution in [0.5, 0.6) is 0 Å². The topological polar surface area (TPSA) is 46.9 Å². The highest BCUT2D eigenvalue weighted by Crippen LogP contribution is 2.29. The number of Topliss-reactive ketones (excluding diaryl/α,β-unsaturated/α-hetero) is 1. The summed E-state index contributed by atoms with van der Waals surface area (Å²) in [5.74, 6) is 0.250. The Balaban J connectivity index is 2.18. The number of halogens is 1. The van der Waals surface area contributed by atoms with E-state index >= 15 is 0 Å². The molecule has 94 valence electrons. The Bertz CT molecular complexity index is 447. The maximum atomic E-state index is 12.3. The van der Waals surface area contributed by atoms with Crippen LogP contribution in [-0.4, -0.2) is 28.7 Å². The normalized spacial score (nSPS) is 24.2. The average Bonchev–Trinajstić information content (AvgIpc) is 2.80. The zero-order valence-electron chi connectivity index (χ0n) is 10.5. The molecule has 1 fully saturated rings. The molecule has 1 aliphatic heterocycles. The van der Waals surface area contributed by atoms with Crippen molar-refractivity contribution in [3.8, 4) is 0 Å². The van der Waals surface area contributed by atoms with Gasteiger partial charge in [-0.3, -0.25) is 9.48 Å². The van der Waals surface area contributed by atoms with Gasteiger partial charge in [0.25, 0.3) is 0 Å². The van der Waals surface area contributed by atoms with Crippen LogP contribution in [0.1, 0.15) is 24.6 Å². The lowest BCUT2D eigenvalue weighted by atomic mass is 9.82. The minimum absolute atomic E-state index is 0.244. The molecule has 1 aliphatic rings. The van der Waals surface area contributed by atoms with Gasteiger partial charge < -0.3 is 5.32 Å². The molecule has 0 spiro atoms. The minimum Gasteiger partial charge on any atom is -0.316 e. The number of ketones is 1. The number of rotatable bonds is 3. The number of aryl methyl sites for hydroxylation is 2. The van der Waals surface area contributed by atoms with E-state index in [0.29, 0.717) is 11.6 Å². The van der Waals surface area contributed by atoms with Crippen molar-refractivity contribution in [2.75, 3.05) is 13.1 Å². The first-order chi connectivity index (χ1) is 7.94. The summed E-state index contributed by atoms with van der Waals surface area (Å²) in [5, 5.41) is 8.04. The molecule has 4 nitrogen and oxygen atoms in total. The van der Waals surface area contributed by atoms with Crippen molar-refractivity contribution in [1.82, 2.24) is 15.1 Å². The Labute approximate surface area is 106 Å². The summed E-state index contributed by atoms with van der Waals surface area (Å²) in [6, 6.07) is 0. The van der Waals surface area contributed by atoms with E-state index in [1.807, 2.05) is 13.8 Å². The number of nitrogens with zero attached hydrogens (tertiary/aromatic N) is 2. The molecular formula is C12H18ClN3O. The van der Waals surface area contributed by atoms with Crippen molar-refractivity contribution in [3.05, 3.63) is 16.4 Å². The third-order valence-corrected chi connectivity index (χ3v) is 4.12. The third kappa shape index (κ3) is 2.24. The Morgan fingerprint density at radius 3 is 2.82 bits per heavy atom. The lowest BCUT2D eigenvalue weighted by molar-refractivity contribution is -0.126. The summed E-state index contributed by atoms with van der Waals surface area (Å²) in [7, 11) is 1.79. The second-order valence-corrected chi connectivity index (χ2v) is 5.42. The summed E-state index contributed by atoms with van der Waals surface area (Å²) in [6.45, 7) is 5.60. The van der Waals surface area contributed by atoms with Crippen LogP contribution in [0.3, 0.4) is 0 Å². The summed E-state index contributed by atoms with van der Waals surface area (Å²) in [5.41, 5.74) is 1.47. The second-order valence-electron chi connectivity index (χ2n) is 5.07. The maximum absolute atomic E-state index is 12.3. The van der Waals surface area contributed by atoms with E-state index in [1.54, 1.807) is 11.7 Å². The lowest BCUT2D eigenvalue weighted by Gasteiger charge is -2.20. The molecule has 17 heavy (non-hydrogen) atoms. The minimum atomic E-state index is -0.244. The highest BCUT2D eigenvalue weighted by Gasteiger charge is 2.36. The number of aromatic nitrogens is 2. The Kier molecular flexibility index (Phi) is 3.27. The Morgan fingerprint density at radius 1 is 1.65 bits per heavy atom. The number of hydrogen-bond acceptors (Lipinski definition) is 3. The van der Waals surface area contributed by atoms with E-state index in [9.17, 15) is 4.79 Å². The van der Waals surface area contributed by atoms with Gasteiger partial charge in [0, 0.05) is 31.0 Å². The predicted molar refractivity (Wildman–Crippen MR) is 67.3 cm³/mol. The number of carbonyl (C=O) groups is 1. The average molecular weight is 256 g/mol. The van der Waals surface area contributed by atoms with Gasteiger partial charge in [-0.15, -0.1) is 0 Å². The van der Waals surface area contributed by atoms with Crippen LogP contribution in [0.4, 0.5) is 0 Å². The number of nitrogens with one attached hydrogen (secondary N) is 1. The van der Waals surface area contributed by atoms with Crippen molar-refractivity contribution in [2.45, 2.75) is 26.7 Å². The quantitative estimate of drug-likeness (QED) is 0.890. The molecule has 0 radical (unpaired) electrons. The van der Waals surface area contributed by atoms with Gasteiger partial charge in [-0.1, -0.05) is 18.5 Å². The Hall–Kier alpha value is -0.870. The monoisotopic (exact) mass is 255 g/mol. The summed E-state index contributed by atoms with van der Waals surface area (Å²) in [4.78, 5) is 12.3. The van der Waals surface area contributed by atoms with Gasteiger partial charge in [0.1, 0.15) is 10.9 Å². The van der Waals surface area contributed by atoms with Crippen molar-refractivity contribution in [1.29, 1.82) is 0 Å². The van der Waals surface area contributed by atoms with Crippen molar-refractivity contribution >= 4 is 17.4 Å². The van der Waals surface area contributed by atoms with Gasteiger partial charge in [0.2, 0.25) is 0 Å². The molecule has 1 aromatic rings. The van der Waals surface area contributed by atoms with Crippen LogP contribution in [0, 0.1) is 12.3 Å². The first-order valence-electron chi connectivity index (χ1n) is 5.86. The molecule has 1 aromatic heterocycles. The molecule has 1 saturated heterocycles. The number of hydrogen-bond donors (Lipinski definition) is 1. The van der Waals surface area contributed by atoms with Gasteiger partial charge in [-0.25, -0.2) is 0 Å². The van der Waals surface area contributed by atoms with Crippen molar-refractivity contribution < 1.29 is 4.79 Å². The smallest absolute Gasteiger partial charge is 0.144 e. The van der Waals surface area contributed by atoms with E-state index in [0.717, 1.165) is 30.8 Å². The van der Waals surface area contributed by atoms with Crippen LogP contribution in [-0.2, 0) is 18.3 Å². The van der Waals surface area contributed by atoms with Gasteiger partial charge >= 0.3 is 0 Å². The second kappa shape index (κ2) is 4.42. The number of carbonyl (C=O) groups excluding carboxylic acids is 1. The van der Waals surface area contributed by atoms with Crippen LogP contribution in [0.2, 0.25) is 5.15 Å². The molecule has 5 heteroatoms. The molecule has 0 saturated carbocycles. The van der Waals surface area contributed by atoms with Crippen LogP contribution in [0.15, 0.2) is 0 Å². The zero-order valence-corrected chi connectivity index (χ0v) is 11.3. The third-order valence-electron chi connectivity index (χ3n) is 3.65. The molecule has 1 N–H and O–H groups in total. The van der Waals surface area contributed by atoms with Crippen LogP contribution >= 0.6 is 11.6 Å². The maximum Gasteiger partial charge on any atom is 0.144 e. The molecule has 1 unspecified atom stereocenters. The van der Waals surface area contributed by atoms with Crippen LogP contribution < -0.4 is 5.32 Å². The highest BCUT2D eigenvalue weighted by atomic mass is 35.5. The molecule has 0 bridgehead atoms. The first kappa shape index (κ1) is 12.6. The zero-order chi connectivity index (χ0) is 12.6. The van der Waals surface area contributed by atoms with E-state index in [4.69, 9.17) is 11.6 Å². The van der Waals surface area contributed by atoms with E-state index in [1.165, 1.54) is 0 Å². The largest absolute Gasteiger partial charge is 0.316 e. The summed E-state index contributed by atoms with van der Waals surface area (Å²) in [6.07, 6.45) is 1.29. The molecular weight excluding hydrogens is 238 g/mol. The molecule has 2 heterocycles. The van der Waals surface area contributed by atoms with Gasteiger partial charge in [0.05, 0.1) is 5.69 Å². The van der Waals surface area contributed by atoms with Gasteiger partial charge in [-0.05, 0) is 19.9 Å². The fourth-order valence-electron chi connectivity index (χ4n) is 2.30. The fraction of sp³-hybridized carbons (Fsp3) is 0.667. The summed E-state index contributed by atoms with van der Waals surface area (Å²) < 4.78 is 1.62. The van der Waals surface area contributed by atoms with E-state index in [2.05, 4.69) is 10.4 Å². The van der Waals surface area contributed by atoms with Crippen LogP contribution in [0.25, 0.3) is 0 Å². The van der Waals surface area contributed by atoms with E-state index in [-0.39, 0.29) is 11.2 Å².